The van der Waals surface area contributed by atoms with E-state index in [0.29, 0.717) is 0 Å². The van der Waals surface area contributed by atoms with Gasteiger partial charge in [-0.2, -0.15) is 0 Å². The molecule has 4 atom stereocenters. The highest BCUT2D eigenvalue weighted by atomic mass is 15.4. The Kier molecular flexibility index (Phi) is 0.976. The normalized spacial score (nSPS) is 58.6. The van der Waals surface area contributed by atoms with Crippen molar-refractivity contribution < 1.29 is 0 Å². The van der Waals surface area contributed by atoms with Crippen LogP contribution in [0.5, 0.6) is 0 Å². The molecule has 2 saturated heterocycles. The number of nitrogens with zero attached hydrogens (tertiary/aromatic N) is 1. The van der Waals surface area contributed by atoms with Gasteiger partial charge in [-0.3, -0.25) is 4.90 Å². The number of rotatable bonds is 1. The van der Waals surface area contributed by atoms with Crippen LogP contribution in [0.15, 0.2) is 0 Å². The van der Waals surface area contributed by atoms with Crippen molar-refractivity contribution in [2.24, 2.45) is 17.8 Å². The van der Waals surface area contributed by atoms with Gasteiger partial charge in [-0.15, -0.1) is 0 Å². The molecule has 1 spiro atoms. The highest BCUT2D eigenvalue weighted by Gasteiger charge is 2.70. The summed E-state index contributed by atoms with van der Waals surface area (Å²) in [5, 5.41) is 0. The fourth-order valence-corrected chi connectivity index (χ4v) is 3.56. The van der Waals surface area contributed by atoms with Gasteiger partial charge in [-0.1, -0.05) is 13.8 Å². The molecule has 62 valence electrons. The number of hydrogen-bond acceptors (Lipinski definition) is 1. The SMILES string of the molecule is CC(C)C1CC23CN2CCC13. The quantitative estimate of drug-likeness (QED) is 0.516. The lowest BCUT2D eigenvalue weighted by atomic mass is 9.60. The van der Waals surface area contributed by atoms with E-state index in [1.807, 2.05) is 0 Å². The summed E-state index contributed by atoms with van der Waals surface area (Å²) < 4.78 is 0. The van der Waals surface area contributed by atoms with Crippen LogP contribution in [0.2, 0.25) is 0 Å². The number of piperidine rings is 1. The fourth-order valence-electron chi connectivity index (χ4n) is 3.56. The average molecular weight is 151 g/mol. The third-order valence-electron chi connectivity index (χ3n) is 4.35. The first-order valence-corrected chi connectivity index (χ1v) is 4.99. The summed E-state index contributed by atoms with van der Waals surface area (Å²) in [6.45, 7) is 7.64. The Morgan fingerprint density at radius 1 is 1.45 bits per heavy atom. The Labute approximate surface area is 68.8 Å². The molecule has 2 heterocycles. The predicted molar refractivity (Wildman–Crippen MR) is 45.4 cm³/mol. The van der Waals surface area contributed by atoms with E-state index in [9.17, 15) is 0 Å². The molecule has 3 fully saturated rings. The first-order chi connectivity index (χ1) is 5.24. The summed E-state index contributed by atoms with van der Waals surface area (Å²) in [6.07, 6.45) is 3.03. The molecular formula is C10H17N. The molecule has 1 aliphatic carbocycles. The molecule has 3 rings (SSSR count). The second-order valence-electron chi connectivity index (χ2n) is 5.03. The van der Waals surface area contributed by atoms with Crippen molar-refractivity contribution in [3.63, 3.8) is 0 Å². The van der Waals surface area contributed by atoms with Crippen LogP contribution < -0.4 is 0 Å². The maximum atomic E-state index is 2.69. The standard InChI is InChI=1S/C10H17N/c1-7(2)8-5-10-6-11(10)4-3-9(8)10/h7-9H,3-6H2,1-2H3. The molecule has 0 bridgehead atoms. The first-order valence-electron chi connectivity index (χ1n) is 4.99. The molecular weight excluding hydrogens is 134 g/mol. The van der Waals surface area contributed by atoms with E-state index in [0.717, 1.165) is 23.3 Å². The van der Waals surface area contributed by atoms with Gasteiger partial charge in [0.1, 0.15) is 0 Å². The molecule has 0 aromatic rings. The van der Waals surface area contributed by atoms with Gasteiger partial charge in [0, 0.05) is 12.1 Å². The molecule has 1 saturated carbocycles. The molecule has 11 heavy (non-hydrogen) atoms. The second-order valence-corrected chi connectivity index (χ2v) is 5.03. The minimum atomic E-state index is 0.787. The summed E-state index contributed by atoms with van der Waals surface area (Å²) in [6, 6.07) is 0. The van der Waals surface area contributed by atoms with Gasteiger partial charge < -0.3 is 0 Å². The van der Waals surface area contributed by atoms with Crippen LogP contribution in [-0.2, 0) is 0 Å². The van der Waals surface area contributed by atoms with Gasteiger partial charge in [0.15, 0.2) is 0 Å². The number of hydrogen-bond donors (Lipinski definition) is 0. The molecule has 0 aromatic heterocycles. The monoisotopic (exact) mass is 151 g/mol. The molecule has 3 aliphatic rings. The topological polar surface area (TPSA) is 3.01 Å². The van der Waals surface area contributed by atoms with Gasteiger partial charge in [0.2, 0.25) is 0 Å². The highest BCUT2D eigenvalue weighted by Crippen LogP contribution is 2.64. The van der Waals surface area contributed by atoms with Crippen molar-refractivity contribution >= 4 is 0 Å². The Morgan fingerprint density at radius 3 is 2.82 bits per heavy atom. The minimum Gasteiger partial charge on any atom is -0.294 e. The van der Waals surface area contributed by atoms with E-state index in [-0.39, 0.29) is 0 Å². The van der Waals surface area contributed by atoms with Crippen molar-refractivity contribution in [1.29, 1.82) is 0 Å². The van der Waals surface area contributed by atoms with Gasteiger partial charge >= 0.3 is 0 Å². The lowest BCUT2D eigenvalue weighted by molar-refractivity contribution is 0.0723. The fraction of sp³-hybridized carbons (Fsp3) is 1.00. The summed E-state index contributed by atoms with van der Waals surface area (Å²) >= 11 is 0. The lowest BCUT2D eigenvalue weighted by Gasteiger charge is -2.44. The summed E-state index contributed by atoms with van der Waals surface area (Å²) in [5.41, 5.74) is 0.787. The van der Waals surface area contributed by atoms with Crippen LogP contribution >= 0.6 is 0 Å². The largest absolute Gasteiger partial charge is 0.294 e. The van der Waals surface area contributed by atoms with E-state index in [1.165, 1.54) is 25.9 Å². The van der Waals surface area contributed by atoms with Gasteiger partial charge in [-0.25, -0.2) is 0 Å². The molecule has 0 amide bonds. The van der Waals surface area contributed by atoms with Crippen molar-refractivity contribution in [3.05, 3.63) is 0 Å². The molecule has 0 radical (unpaired) electrons. The molecule has 4 unspecified atom stereocenters. The zero-order chi connectivity index (χ0) is 7.64. The lowest BCUT2D eigenvalue weighted by Crippen LogP contribution is -2.45. The van der Waals surface area contributed by atoms with Gasteiger partial charge in [0.25, 0.3) is 0 Å². The van der Waals surface area contributed by atoms with Crippen LogP contribution in [0.3, 0.4) is 0 Å². The van der Waals surface area contributed by atoms with E-state index in [1.54, 1.807) is 0 Å². The van der Waals surface area contributed by atoms with Crippen molar-refractivity contribution in [2.75, 3.05) is 13.1 Å². The van der Waals surface area contributed by atoms with Crippen molar-refractivity contribution in [2.45, 2.75) is 32.2 Å². The third-order valence-corrected chi connectivity index (χ3v) is 4.35. The van der Waals surface area contributed by atoms with Crippen LogP contribution in [0.4, 0.5) is 0 Å². The maximum Gasteiger partial charge on any atom is 0.0371 e. The highest BCUT2D eigenvalue weighted by molar-refractivity contribution is 5.24. The zero-order valence-corrected chi connectivity index (χ0v) is 7.51. The Balaban J connectivity index is 1.79. The summed E-state index contributed by atoms with van der Waals surface area (Å²) in [5.74, 6) is 3.11. The smallest absolute Gasteiger partial charge is 0.0371 e. The summed E-state index contributed by atoms with van der Waals surface area (Å²) in [4.78, 5) is 2.69. The second kappa shape index (κ2) is 1.66. The molecule has 2 aliphatic heterocycles. The van der Waals surface area contributed by atoms with E-state index >= 15 is 0 Å². The van der Waals surface area contributed by atoms with Crippen molar-refractivity contribution in [3.8, 4) is 0 Å². The summed E-state index contributed by atoms with van der Waals surface area (Å²) in [7, 11) is 0. The van der Waals surface area contributed by atoms with E-state index in [2.05, 4.69) is 18.7 Å². The van der Waals surface area contributed by atoms with Crippen molar-refractivity contribution in [1.82, 2.24) is 4.90 Å². The van der Waals surface area contributed by atoms with E-state index in [4.69, 9.17) is 0 Å². The van der Waals surface area contributed by atoms with Crippen LogP contribution in [0, 0.1) is 17.8 Å². The van der Waals surface area contributed by atoms with Crippen LogP contribution in [0.1, 0.15) is 26.7 Å². The van der Waals surface area contributed by atoms with Gasteiger partial charge in [0.05, 0.1) is 0 Å². The predicted octanol–water partition coefficient (Wildman–Crippen LogP) is 1.74. The third kappa shape index (κ3) is 0.581. The zero-order valence-electron chi connectivity index (χ0n) is 7.51. The molecule has 1 nitrogen and oxygen atoms in total. The molecule has 0 aromatic carbocycles. The maximum absolute atomic E-state index is 2.69. The molecule has 0 N–H and O–H groups in total. The minimum absolute atomic E-state index is 0.787. The van der Waals surface area contributed by atoms with E-state index < -0.39 is 0 Å². The Bertz CT molecular complexity index is 197. The first kappa shape index (κ1) is 6.47. The Morgan fingerprint density at radius 2 is 2.27 bits per heavy atom. The van der Waals surface area contributed by atoms with Gasteiger partial charge in [-0.05, 0) is 37.1 Å². The average Bonchev–Trinajstić information content (AvgIpc) is 2.54. The van der Waals surface area contributed by atoms with Crippen LogP contribution in [0.25, 0.3) is 0 Å². The molecule has 1 heteroatoms. The Hall–Kier alpha value is -0.0400. The van der Waals surface area contributed by atoms with Crippen LogP contribution in [-0.4, -0.2) is 23.5 Å².